The molecule has 0 radical (unpaired) electrons. The molecule has 0 spiro atoms. The van der Waals surface area contributed by atoms with Gasteiger partial charge in [0.15, 0.2) is 0 Å². The van der Waals surface area contributed by atoms with Crippen LogP contribution in [0.2, 0.25) is 5.02 Å². The van der Waals surface area contributed by atoms with E-state index >= 15 is 0 Å². The Kier molecular flexibility index (Phi) is 2.61. The minimum Gasteiger partial charge on any atom is -0.267 e. The van der Waals surface area contributed by atoms with Gasteiger partial charge in [-0.2, -0.15) is 5.10 Å². The van der Waals surface area contributed by atoms with E-state index in [4.69, 9.17) is 11.6 Å². The van der Waals surface area contributed by atoms with E-state index in [9.17, 15) is 0 Å². The molecule has 0 N–H and O–H groups in total. The maximum atomic E-state index is 6.10. The summed E-state index contributed by atoms with van der Waals surface area (Å²) in [7, 11) is 1.89. The molecule has 2 rings (SSSR count). The molecule has 1 aromatic carbocycles. The van der Waals surface area contributed by atoms with Crippen LogP contribution in [0.25, 0.3) is 11.3 Å². The third-order valence-electron chi connectivity index (χ3n) is 2.02. The molecule has 1 heterocycles. The summed E-state index contributed by atoms with van der Waals surface area (Å²) < 4.78 is 2.75. The predicted octanol–water partition coefficient (Wildman–Crippen LogP) is 3.50. The van der Waals surface area contributed by atoms with Crippen molar-refractivity contribution in [1.29, 1.82) is 0 Å². The van der Waals surface area contributed by atoms with Gasteiger partial charge in [0.25, 0.3) is 0 Å². The van der Waals surface area contributed by atoms with E-state index in [2.05, 4.69) is 21.0 Å². The fourth-order valence-electron chi connectivity index (χ4n) is 1.37. The molecule has 0 aliphatic carbocycles. The second kappa shape index (κ2) is 3.75. The maximum absolute atomic E-state index is 6.10. The summed E-state index contributed by atoms with van der Waals surface area (Å²) in [5, 5.41) is 4.88. The second-order valence-corrected chi connectivity index (χ2v) is 4.21. The number of aryl methyl sites for hydroxylation is 1. The molecule has 2 nitrogen and oxygen atoms in total. The molecule has 0 saturated carbocycles. The molecular formula is C10H8BrClN2. The van der Waals surface area contributed by atoms with E-state index in [0.29, 0.717) is 0 Å². The van der Waals surface area contributed by atoms with E-state index in [1.165, 1.54) is 0 Å². The Morgan fingerprint density at radius 3 is 2.64 bits per heavy atom. The van der Waals surface area contributed by atoms with Gasteiger partial charge in [-0.25, -0.2) is 0 Å². The number of hydrogen-bond donors (Lipinski definition) is 0. The minimum absolute atomic E-state index is 0.733. The lowest BCUT2D eigenvalue weighted by Gasteiger charge is -2.04. The average Bonchev–Trinajstić information content (AvgIpc) is 2.48. The second-order valence-electron chi connectivity index (χ2n) is 2.94. The van der Waals surface area contributed by atoms with Gasteiger partial charge in [-0.15, -0.1) is 0 Å². The highest BCUT2D eigenvalue weighted by Gasteiger charge is 2.10. The normalized spacial score (nSPS) is 10.5. The van der Waals surface area contributed by atoms with Gasteiger partial charge >= 0.3 is 0 Å². The third-order valence-corrected chi connectivity index (χ3v) is 2.93. The average molecular weight is 272 g/mol. The highest BCUT2D eigenvalue weighted by molar-refractivity contribution is 9.10. The molecule has 0 unspecified atom stereocenters. The molecule has 4 heteroatoms. The van der Waals surface area contributed by atoms with Gasteiger partial charge < -0.3 is 0 Å². The Morgan fingerprint density at radius 2 is 2.07 bits per heavy atom. The van der Waals surface area contributed by atoms with Crippen LogP contribution < -0.4 is 0 Å². The van der Waals surface area contributed by atoms with Crippen LogP contribution in [0.3, 0.4) is 0 Å². The molecule has 2 aromatic rings. The van der Waals surface area contributed by atoms with Crippen molar-refractivity contribution in [2.75, 3.05) is 0 Å². The van der Waals surface area contributed by atoms with Crippen LogP contribution in [0.5, 0.6) is 0 Å². The van der Waals surface area contributed by atoms with Crippen molar-refractivity contribution in [1.82, 2.24) is 9.78 Å². The molecular weight excluding hydrogens is 263 g/mol. The summed E-state index contributed by atoms with van der Waals surface area (Å²) in [6.45, 7) is 0. The smallest absolute Gasteiger partial charge is 0.0836 e. The summed E-state index contributed by atoms with van der Waals surface area (Å²) in [5.41, 5.74) is 1.98. The Bertz CT molecular complexity index is 445. The first-order chi connectivity index (χ1) is 6.70. The Labute approximate surface area is 95.6 Å². The van der Waals surface area contributed by atoms with Gasteiger partial charge in [-0.05, 0) is 22.0 Å². The van der Waals surface area contributed by atoms with E-state index in [0.717, 1.165) is 20.8 Å². The van der Waals surface area contributed by atoms with Crippen LogP contribution >= 0.6 is 27.5 Å². The Balaban J connectivity index is 2.66. The van der Waals surface area contributed by atoms with Crippen molar-refractivity contribution < 1.29 is 0 Å². The lowest BCUT2D eigenvalue weighted by Crippen LogP contribution is -1.93. The molecule has 0 bridgehead atoms. The highest BCUT2D eigenvalue weighted by Crippen LogP contribution is 2.32. The van der Waals surface area contributed by atoms with Gasteiger partial charge in [0.2, 0.25) is 0 Å². The minimum atomic E-state index is 0.733. The molecule has 0 fully saturated rings. The van der Waals surface area contributed by atoms with Crippen LogP contribution in [0.1, 0.15) is 0 Å². The third kappa shape index (κ3) is 1.57. The fourth-order valence-corrected chi connectivity index (χ4v) is 2.15. The van der Waals surface area contributed by atoms with Crippen LogP contribution in [-0.4, -0.2) is 9.78 Å². The van der Waals surface area contributed by atoms with Crippen LogP contribution in [0, 0.1) is 0 Å². The Hall–Kier alpha value is -0.800. The van der Waals surface area contributed by atoms with Crippen LogP contribution in [-0.2, 0) is 7.05 Å². The monoisotopic (exact) mass is 270 g/mol. The van der Waals surface area contributed by atoms with E-state index in [-0.39, 0.29) is 0 Å². The summed E-state index contributed by atoms with van der Waals surface area (Å²) >= 11 is 9.54. The number of nitrogens with zero attached hydrogens (tertiary/aromatic N) is 2. The van der Waals surface area contributed by atoms with Gasteiger partial charge in [0.05, 0.1) is 16.4 Å². The van der Waals surface area contributed by atoms with Gasteiger partial charge in [0, 0.05) is 17.6 Å². The van der Waals surface area contributed by atoms with Crippen molar-refractivity contribution in [2.24, 2.45) is 7.05 Å². The van der Waals surface area contributed by atoms with E-state index in [1.807, 2.05) is 31.3 Å². The van der Waals surface area contributed by atoms with Crippen molar-refractivity contribution in [3.8, 4) is 11.3 Å². The topological polar surface area (TPSA) is 17.8 Å². The zero-order valence-electron chi connectivity index (χ0n) is 7.54. The number of benzene rings is 1. The summed E-state index contributed by atoms with van der Waals surface area (Å²) in [4.78, 5) is 0. The first-order valence-corrected chi connectivity index (χ1v) is 5.29. The molecule has 0 atom stereocenters. The van der Waals surface area contributed by atoms with Crippen LogP contribution in [0.4, 0.5) is 0 Å². The summed E-state index contributed by atoms with van der Waals surface area (Å²) in [6, 6.07) is 7.72. The molecule has 0 saturated heterocycles. The molecule has 0 aliphatic rings. The molecule has 14 heavy (non-hydrogen) atoms. The summed E-state index contributed by atoms with van der Waals surface area (Å²) in [6.07, 6.45) is 1.76. The standard InChI is InChI=1S/C10H8BrClN2/c1-14-10(8(11)6-13-14)7-4-2-3-5-9(7)12/h2-6H,1H3. The van der Waals surface area contributed by atoms with Gasteiger partial charge in [-0.3, -0.25) is 4.68 Å². The van der Waals surface area contributed by atoms with Crippen molar-refractivity contribution in [3.63, 3.8) is 0 Å². The molecule has 1 aromatic heterocycles. The maximum Gasteiger partial charge on any atom is 0.0836 e. The zero-order chi connectivity index (χ0) is 10.1. The number of hydrogen-bond acceptors (Lipinski definition) is 1. The quantitative estimate of drug-likeness (QED) is 0.776. The Morgan fingerprint density at radius 1 is 1.36 bits per heavy atom. The van der Waals surface area contributed by atoms with Crippen molar-refractivity contribution in [3.05, 3.63) is 40.0 Å². The first-order valence-electron chi connectivity index (χ1n) is 4.12. The molecule has 72 valence electrons. The summed E-state index contributed by atoms with van der Waals surface area (Å²) in [5.74, 6) is 0. The van der Waals surface area contributed by atoms with E-state index in [1.54, 1.807) is 10.9 Å². The zero-order valence-corrected chi connectivity index (χ0v) is 9.88. The lowest BCUT2D eigenvalue weighted by molar-refractivity contribution is 0.776. The molecule has 0 aliphatic heterocycles. The number of aromatic nitrogens is 2. The van der Waals surface area contributed by atoms with Gasteiger partial charge in [0.1, 0.15) is 0 Å². The largest absolute Gasteiger partial charge is 0.267 e. The fraction of sp³-hybridized carbons (Fsp3) is 0.100. The van der Waals surface area contributed by atoms with Gasteiger partial charge in [-0.1, -0.05) is 29.8 Å². The van der Waals surface area contributed by atoms with Crippen molar-refractivity contribution >= 4 is 27.5 Å². The highest BCUT2D eigenvalue weighted by atomic mass is 79.9. The number of rotatable bonds is 1. The SMILES string of the molecule is Cn1ncc(Br)c1-c1ccccc1Cl. The predicted molar refractivity (Wildman–Crippen MR) is 61.4 cm³/mol. The number of halogens is 2. The lowest BCUT2D eigenvalue weighted by atomic mass is 10.1. The van der Waals surface area contributed by atoms with Crippen molar-refractivity contribution in [2.45, 2.75) is 0 Å². The van der Waals surface area contributed by atoms with Crippen LogP contribution in [0.15, 0.2) is 34.9 Å². The van der Waals surface area contributed by atoms with E-state index < -0.39 is 0 Å². The first kappa shape index (κ1) is 9.74. The molecule has 0 amide bonds.